The van der Waals surface area contributed by atoms with Crippen molar-refractivity contribution in [1.82, 2.24) is 24.4 Å². The van der Waals surface area contributed by atoms with Crippen LogP contribution in [0.25, 0.3) is 5.65 Å². The third-order valence-corrected chi connectivity index (χ3v) is 5.81. The number of fused-ring (bicyclic) bond motifs is 2. The van der Waals surface area contributed by atoms with Gasteiger partial charge >= 0.3 is 0 Å². The number of pyridine rings is 1. The first kappa shape index (κ1) is 19.3. The molecule has 0 fully saturated rings. The Morgan fingerprint density at radius 1 is 1.10 bits per heavy atom. The molecule has 0 bridgehead atoms. The molecule has 1 aliphatic rings. The van der Waals surface area contributed by atoms with Crippen molar-refractivity contribution >= 4 is 17.2 Å². The van der Waals surface area contributed by atoms with Crippen LogP contribution in [0.15, 0.2) is 30.5 Å². The summed E-state index contributed by atoms with van der Waals surface area (Å²) in [5, 5.41) is 12.8. The minimum Gasteiger partial charge on any atom is -0.294 e. The normalized spacial score (nSPS) is 15.9. The van der Waals surface area contributed by atoms with E-state index in [1.54, 1.807) is 27.1 Å². The first-order valence-corrected chi connectivity index (χ1v) is 9.99. The van der Waals surface area contributed by atoms with E-state index in [4.69, 9.17) is 0 Å². The Morgan fingerprint density at radius 2 is 1.87 bits per heavy atom. The second-order valence-electron chi connectivity index (χ2n) is 7.73. The van der Waals surface area contributed by atoms with Crippen molar-refractivity contribution < 1.29 is 13.6 Å². The second-order valence-corrected chi connectivity index (χ2v) is 7.73. The van der Waals surface area contributed by atoms with Gasteiger partial charge in [-0.1, -0.05) is 6.07 Å². The monoisotopic (exact) mass is 422 g/mol. The minimum absolute atomic E-state index is 0.213. The molecule has 1 aliphatic heterocycles. The number of nitrogens with zero attached hydrogens (tertiary/aromatic N) is 6. The van der Waals surface area contributed by atoms with E-state index >= 15 is 0 Å². The third-order valence-electron chi connectivity index (χ3n) is 5.81. The van der Waals surface area contributed by atoms with Gasteiger partial charge in [0.05, 0.1) is 17.4 Å². The summed E-state index contributed by atoms with van der Waals surface area (Å²) in [6.07, 6.45) is 1.77. The highest BCUT2D eigenvalue weighted by molar-refractivity contribution is 6.11. The van der Waals surface area contributed by atoms with Gasteiger partial charge in [0.15, 0.2) is 5.65 Å². The highest BCUT2D eigenvalue weighted by Gasteiger charge is 2.44. The fraction of sp³-hybridized carbons (Fsp3) is 0.273. The Morgan fingerprint density at radius 3 is 2.58 bits per heavy atom. The number of rotatable bonds is 3. The SMILES string of the molecule is CCn1nc(C)c2c1C(=O)N(c1cc(C)c3nnc(C)n3c1)[C@H]2c1ccc(F)cc1F. The standard InChI is InChI=1S/C22H20F2N6O/c1-5-29-20-18(12(3)27-29)19(16-7-6-14(23)9-17(16)24)30(22(20)31)15-8-11(2)21-26-25-13(4)28(21)10-15/h6-10,19H,5H2,1-4H3/t19-/m0/s1. The molecule has 4 aromatic rings. The molecule has 1 amide bonds. The lowest BCUT2D eigenvalue weighted by Crippen LogP contribution is -2.31. The van der Waals surface area contributed by atoms with Crippen LogP contribution in [0.5, 0.6) is 0 Å². The van der Waals surface area contributed by atoms with E-state index in [9.17, 15) is 13.6 Å². The first-order chi connectivity index (χ1) is 14.8. The Bertz CT molecular complexity index is 1370. The van der Waals surface area contributed by atoms with E-state index in [1.807, 2.05) is 26.8 Å². The fourth-order valence-corrected chi connectivity index (χ4v) is 4.40. The van der Waals surface area contributed by atoms with Crippen LogP contribution < -0.4 is 4.90 Å². The van der Waals surface area contributed by atoms with E-state index < -0.39 is 17.7 Å². The molecule has 0 saturated heterocycles. The van der Waals surface area contributed by atoms with Gasteiger partial charge in [-0.3, -0.25) is 18.8 Å². The Balaban J connectivity index is 1.79. The molecule has 0 unspecified atom stereocenters. The van der Waals surface area contributed by atoms with Gasteiger partial charge in [0.25, 0.3) is 5.91 Å². The number of aromatic nitrogens is 5. The molecular formula is C22H20F2N6O. The number of aryl methyl sites for hydroxylation is 4. The number of carbonyl (C=O) groups is 1. The average molecular weight is 422 g/mol. The number of carbonyl (C=O) groups excluding carboxylic acids is 1. The third kappa shape index (κ3) is 2.69. The predicted molar refractivity (Wildman–Crippen MR) is 110 cm³/mol. The smallest absolute Gasteiger partial charge is 0.277 e. The van der Waals surface area contributed by atoms with Gasteiger partial charge in [0, 0.05) is 29.9 Å². The van der Waals surface area contributed by atoms with Crippen LogP contribution in [0.1, 0.15) is 51.7 Å². The zero-order chi connectivity index (χ0) is 22.0. The van der Waals surface area contributed by atoms with Gasteiger partial charge in [-0.2, -0.15) is 5.10 Å². The van der Waals surface area contributed by atoms with Crippen molar-refractivity contribution in [2.45, 2.75) is 40.3 Å². The molecule has 0 N–H and O–H groups in total. The molecular weight excluding hydrogens is 402 g/mol. The zero-order valence-electron chi connectivity index (χ0n) is 17.5. The summed E-state index contributed by atoms with van der Waals surface area (Å²) in [7, 11) is 0. The Kier molecular flexibility index (Phi) is 4.18. The summed E-state index contributed by atoms with van der Waals surface area (Å²) in [5.41, 5.74) is 4.00. The van der Waals surface area contributed by atoms with Crippen molar-refractivity contribution in [1.29, 1.82) is 0 Å². The van der Waals surface area contributed by atoms with Crippen LogP contribution in [0, 0.1) is 32.4 Å². The van der Waals surface area contributed by atoms with Crippen molar-refractivity contribution in [3.05, 3.63) is 76.0 Å². The van der Waals surface area contributed by atoms with Crippen LogP contribution in [-0.2, 0) is 6.54 Å². The molecule has 9 heteroatoms. The molecule has 158 valence electrons. The average Bonchev–Trinajstić information content (AvgIpc) is 3.35. The summed E-state index contributed by atoms with van der Waals surface area (Å²) >= 11 is 0. The topological polar surface area (TPSA) is 68.3 Å². The van der Waals surface area contributed by atoms with Gasteiger partial charge in [-0.15, -0.1) is 10.2 Å². The van der Waals surface area contributed by atoms with Crippen molar-refractivity contribution in [2.24, 2.45) is 0 Å². The molecule has 5 rings (SSSR count). The second kappa shape index (κ2) is 6.69. The quantitative estimate of drug-likeness (QED) is 0.502. The number of halogens is 2. The largest absolute Gasteiger partial charge is 0.294 e. The maximum absolute atomic E-state index is 14.9. The van der Waals surface area contributed by atoms with Crippen molar-refractivity contribution in [3.63, 3.8) is 0 Å². The number of hydrogen-bond acceptors (Lipinski definition) is 4. The highest BCUT2D eigenvalue weighted by atomic mass is 19.1. The molecule has 0 saturated carbocycles. The Hall–Kier alpha value is -3.62. The van der Waals surface area contributed by atoms with Gasteiger partial charge in [0.1, 0.15) is 23.2 Å². The van der Waals surface area contributed by atoms with E-state index in [-0.39, 0.29) is 11.5 Å². The lowest BCUT2D eigenvalue weighted by molar-refractivity contribution is 0.0983. The molecule has 31 heavy (non-hydrogen) atoms. The fourth-order valence-electron chi connectivity index (χ4n) is 4.40. The van der Waals surface area contributed by atoms with E-state index in [0.29, 0.717) is 40.7 Å². The van der Waals surface area contributed by atoms with E-state index in [0.717, 1.165) is 11.6 Å². The lowest BCUT2D eigenvalue weighted by Gasteiger charge is -2.27. The number of amides is 1. The van der Waals surface area contributed by atoms with Crippen LogP contribution in [-0.4, -0.2) is 30.3 Å². The summed E-state index contributed by atoms with van der Waals surface area (Å²) in [6.45, 7) is 7.89. The molecule has 1 atom stereocenters. The lowest BCUT2D eigenvalue weighted by atomic mass is 9.98. The van der Waals surface area contributed by atoms with Gasteiger partial charge in [-0.05, 0) is 45.4 Å². The van der Waals surface area contributed by atoms with Crippen LogP contribution >= 0.6 is 0 Å². The number of hydrogen-bond donors (Lipinski definition) is 0. The van der Waals surface area contributed by atoms with Gasteiger partial charge < -0.3 is 0 Å². The van der Waals surface area contributed by atoms with Crippen LogP contribution in [0.3, 0.4) is 0 Å². The van der Waals surface area contributed by atoms with E-state index in [1.165, 1.54) is 12.1 Å². The first-order valence-electron chi connectivity index (χ1n) is 9.99. The zero-order valence-corrected chi connectivity index (χ0v) is 17.5. The number of benzene rings is 1. The molecule has 4 heterocycles. The molecule has 0 spiro atoms. The highest BCUT2D eigenvalue weighted by Crippen LogP contribution is 2.44. The number of anilines is 1. The van der Waals surface area contributed by atoms with Gasteiger partial charge in [-0.25, -0.2) is 8.78 Å². The summed E-state index contributed by atoms with van der Waals surface area (Å²) in [6, 6.07) is 4.51. The Labute approximate surface area is 176 Å². The molecule has 3 aromatic heterocycles. The van der Waals surface area contributed by atoms with Crippen LogP contribution in [0.4, 0.5) is 14.5 Å². The minimum atomic E-state index is -0.767. The maximum atomic E-state index is 14.9. The summed E-state index contributed by atoms with van der Waals surface area (Å²) in [5.74, 6) is -0.992. The van der Waals surface area contributed by atoms with Crippen molar-refractivity contribution in [3.8, 4) is 0 Å². The van der Waals surface area contributed by atoms with Crippen LogP contribution in [0.2, 0.25) is 0 Å². The predicted octanol–water partition coefficient (Wildman–Crippen LogP) is 3.90. The molecule has 0 aliphatic carbocycles. The molecule has 0 radical (unpaired) electrons. The molecule has 7 nitrogen and oxygen atoms in total. The summed E-state index contributed by atoms with van der Waals surface area (Å²) < 4.78 is 32.0. The van der Waals surface area contributed by atoms with E-state index in [2.05, 4.69) is 15.3 Å². The van der Waals surface area contributed by atoms with Gasteiger partial charge in [0.2, 0.25) is 0 Å². The summed E-state index contributed by atoms with van der Waals surface area (Å²) in [4.78, 5) is 15.2. The maximum Gasteiger partial charge on any atom is 0.277 e. The molecule has 1 aromatic carbocycles. The van der Waals surface area contributed by atoms with Crippen molar-refractivity contribution in [2.75, 3.05) is 4.90 Å².